The Hall–Kier alpha value is -2.89. The van der Waals surface area contributed by atoms with E-state index in [9.17, 15) is 17.6 Å². The van der Waals surface area contributed by atoms with Crippen molar-refractivity contribution in [3.05, 3.63) is 88.5 Å². The van der Waals surface area contributed by atoms with Crippen LogP contribution in [0.1, 0.15) is 54.4 Å². The van der Waals surface area contributed by atoms with E-state index in [0.717, 1.165) is 30.4 Å². The minimum Gasteiger partial charge on any atom is -0.406 e. The van der Waals surface area contributed by atoms with Gasteiger partial charge < -0.3 is 4.74 Å². The molecule has 174 valence electrons. The van der Waals surface area contributed by atoms with Crippen molar-refractivity contribution in [1.82, 2.24) is 0 Å². The van der Waals surface area contributed by atoms with Gasteiger partial charge in [0.25, 0.3) is 0 Å². The molecule has 3 aromatic carbocycles. The van der Waals surface area contributed by atoms with Crippen molar-refractivity contribution in [3.63, 3.8) is 0 Å². The Morgan fingerprint density at radius 2 is 1.73 bits per heavy atom. The number of benzene rings is 3. The zero-order chi connectivity index (χ0) is 23.6. The molecule has 0 aromatic heterocycles. The standard InChI is InChI=1S/C27H25F5O/c1-2-3-4-17-5-12-22(25(28)15-17)19-8-14-24-20(16-19)9-13-23(26(24)29)18-6-10-21(11-7-18)33-27(30,31)32/h5-7,9-13,15,19H,2-4,8,14,16H2,1H3. The Kier molecular flexibility index (Phi) is 6.73. The molecular formula is C27H25F5O. The summed E-state index contributed by atoms with van der Waals surface area (Å²) >= 11 is 0. The Morgan fingerprint density at radius 3 is 2.39 bits per heavy atom. The summed E-state index contributed by atoms with van der Waals surface area (Å²) in [6, 6.07) is 14.1. The Balaban J connectivity index is 1.53. The number of aryl methyl sites for hydroxylation is 1. The monoisotopic (exact) mass is 460 g/mol. The number of hydrogen-bond acceptors (Lipinski definition) is 1. The highest BCUT2D eigenvalue weighted by molar-refractivity contribution is 5.67. The van der Waals surface area contributed by atoms with Crippen LogP contribution in [0.15, 0.2) is 54.6 Å². The molecule has 0 aliphatic heterocycles. The van der Waals surface area contributed by atoms with Gasteiger partial charge in [0.1, 0.15) is 17.4 Å². The molecule has 33 heavy (non-hydrogen) atoms. The van der Waals surface area contributed by atoms with Gasteiger partial charge in [0, 0.05) is 5.56 Å². The summed E-state index contributed by atoms with van der Waals surface area (Å²) in [7, 11) is 0. The van der Waals surface area contributed by atoms with E-state index in [-0.39, 0.29) is 23.3 Å². The molecular weight excluding hydrogens is 435 g/mol. The number of halogens is 5. The zero-order valence-electron chi connectivity index (χ0n) is 18.3. The van der Waals surface area contributed by atoms with Crippen LogP contribution < -0.4 is 4.74 Å². The highest BCUT2D eigenvalue weighted by Gasteiger charge is 2.31. The Morgan fingerprint density at radius 1 is 0.970 bits per heavy atom. The second-order valence-corrected chi connectivity index (χ2v) is 8.54. The molecule has 0 spiro atoms. The highest BCUT2D eigenvalue weighted by Crippen LogP contribution is 2.38. The topological polar surface area (TPSA) is 9.23 Å². The third kappa shape index (κ3) is 5.37. The smallest absolute Gasteiger partial charge is 0.406 e. The van der Waals surface area contributed by atoms with Crippen molar-refractivity contribution in [1.29, 1.82) is 0 Å². The van der Waals surface area contributed by atoms with Crippen molar-refractivity contribution in [3.8, 4) is 16.9 Å². The summed E-state index contributed by atoms with van der Waals surface area (Å²) in [5, 5.41) is 0. The van der Waals surface area contributed by atoms with E-state index < -0.39 is 6.36 Å². The van der Waals surface area contributed by atoms with E-state index in [1.165, 1.54) is 24.3 Å². The quantitative estimate of drug-likeness (QED) is 0.337. The van der Waals surface area contributed by atoms with Gasteiger partial charge in [0.15, 0.2) is 0 Å². The molecule has 0 saturated carbocycles. The van der Waals surface area contributed by atoms with Gasteiger partial charge in [-0.25, -0.2) is 8.78 Å². The second-order valence-electron chi connectivity index (χ2n) is 8.54. The zero-order valence-corrected chi connectivity index (χ0v) is 18.3. The molecule has 4 rings (SSSR count). The molecule has 1 nitrogen and oxygen atoms in total. The summed E-state index contributed by atoms with van der Waals surface area (Å²) in [6.07, 6.45) is -0.168. The molecule has 0 bridgehead atoms. The first-order valence-corrected chi connectivity index (χ1v) is 11.2. The molecule has 0 heterocycles. The summed E-state index contributed by atoms with van der Waals surface area (Å²) < 4.78 is 71.0. The number of hydrogen-bond donors (Lipinski definition) is 0. The lowest BCUT2D eigenvalue weighted by molar-refractivity contribution is -0.274. The fraction of sp³-hybridized carbons (Fsp3) is 0.333. The van der Waals surface area contributed by atoms with Crippen LogP contribution in [0.4, 0.5) is 22.0 Å². The third-order valence-corrected chi connectivity index (χ3v) is 6.27. The molecule has 1 aliphatic carbocycles. The number of rotatable bonds is 6. The van der Waals surface area contributed by atoms with E-state index in [2.05, 4.69) is 11.7 Å². The average Bonchev–Trinajstić information content (AvgIpc) is 2.77. The molecule has 0 saturated heterocycles. The Bertz CT molecular complexity index is 1120. The summed E-state index contributed by atoms with van der Waals surface area (Å²) in [5.41, 5.74) is 3.92. The predicted molar refractivity (Wildman–Crippen MR) is 118 cm³/mol. The normalized spacial score (nSPS) is 15.9. The van der Waals surface area contributed by atoms with Gasteiger partial charge in [-0.1, -0.05) is 49.7 Å². The van der Waals surface area contributed by atoms with Gasteiger partial charge in [0.05, 0.1) is 0 Å². The van der Waals surface area contributed by atoms with Crippen LogP contribution in [-0.2, 0) is 19.3 Å². The highest BCUT2D eigenvalue weighted by atomic mass is 19.4. The van der Waals surface area contributed by atoms with Crippen molar-refractivity contribution in [2.24, 2.45) is 0 Å². The molecule has 1 unspecified atom stereocenters. The first kappa shape index (κ1) is 23.3. The van der Waals surface area contributed by atoms with Gasteiger partial charge in [0.2, 0.25) is 0 Å². The molecule has 6 heteroatoms. The molecule has 0 radical (unpaired) electrons. The summed E-state index contributed by atoms with van der Waals surface area (Å²) in [6.45, 7) is 2.10. The first-order valence-electron chi connectivity index (χ1n) is 11.2. The van der Waals surface area contributed by atoms with Crippen molar-refractivity contribution in [2.45, 2.75) is 57.7 Å². The van der Waals surface area contributed by atoms with Gasteiger partial charge in [-0.2, -0.15) is 0 Å². The molecule has 1 aliphatic rings. The van der Waals surface area contributed by atoms with Crippen LogP contribution in [0, 0.1) is 11.6 Å². The maximum Gasteiger partial charge on any atom is 0.573 e. The molecule has 1 atom stereocenters. The molecule has 3 aromatic rings. The predicted octanol–water partition coefficient (Wildman–Crippen LogP) is 8.15. The average molecular weight is 460 g/mol. The maximum atomic E-state index is 15.3. The van der Waals surface area contributed by atoms with Crippen LogP contribution in [0.5, 0.6) is 5.75 Å². The number of unbranched alkanes of at least 4 members (excludes halogenated alkanes) is 1. The summed E-state index contributed by atoms with van der Waals surface area (Å²) in [4.78, 5) is 0. The fourth-order valence-corrected chi connectivity index (χ4v) is 4.57. The largest absolute Gasteiger partial charge is 0.573 e. The number of alkyl halides is 3. The van der Waals surface area contributed by atoms with Crippen LogP contribution in [0.3, 0.4) is 0 Å². The lowest BCUT2D eigenvalue weighted by atomic mass is 9.78. The van der Waals surface area contributed by atoms with E-state index in [1.807, 2.05) is 18.2 Å². The summed E-state index contributed by atoms with van der Waals surface area (Å²) in [5.74, 6) is -0.932. The number of fused-ring (bicyclic) bond motifs is 1. The molecule has 0 N–H and O–H groups in total. The third-order valence-electron chi connectivity index (χ3n) is 6.27. The van der Waals surface area contributed by atoms with Crippen molar-refractivity contribution < 1.29 is 26.7 Å². The van der Waals surface area contributed by atoms with E-state index in [1.54, 1.807) is 12.1 Å². The maximum absolute atomic E-state index is 15.3. The molecule has 0 fully saturated rings. The van der Waals surface area contributed by atoms with Crippen LogP contribution in [0.25, 0.3) is 11.1 Å². The van der Waals surface area contributed by atoms with E-state index >= 15 is 4.39 Å². The van der Waals surface area contributed by atoms with E-state index in [4.69, 9.17) is 0 Å². The lowest BCUT2D eigenvalue weighted by Crippen LogP contribution is -2.17. The first-order chi connectivity index (χ1) is 15.7. The van der Waals surface area contributed by atoms with Gasteiger partial charge in [-0.15, -0.1) is 13.2 Å². The van der Waals surface area contributed by atoms with Gasteiger partial charge in [-0.05, 0) is 84.0 Å². The SMILES string of the molecule is CCCCc1ccc(C2CCc3c(ccc(-c4ccc(OC(F)(F)F)cc4)c3F)C2)c(F)c1. The van der Waals surface area contributed by atoms with Crippen molar-refractivity contribution >= 4 is 0 Å². The second kappa shape index (κ2) is 9.54. The van der Waals surface area contributed by atoms with Gasteiger partial charge >= 0.3 is 6.36 Å². The Labute approximate surface area is 190 Å². The number of ether oxygens (including phenoxy) is 1. The van der Waals surface area contributed by atoms with E-state index in [0.29, 0.717) is 41.5 Å². The van der Waals surface area contributed by atoms with Crippen LogP contribution in [-0.4, -0.2) is 6.36 Å². The lowest BCUT2D eigenvalue weighted by Gasteiger charge is -2.26. The van der Waals surface area contributed by atoms with Gasteiger partial charge in [-0.3, -0.25) is 0 Å². The van der Waals surface area contributed by atoms with Crippen LogP contribution >= 0.6 is 0 Å². The minimum atomic E-state index is -4.77. The fourth-order valence-electron chi connectivity index (χ4n) is 4.57. The molecule has 0 amide bonds. The van der Waals surface area contributed by atoms with Crippen LogP contribution in [0.2, 0.25) is 0 Å². The van der Waals surface area contributed by atoms with Crippen molar-refractivity contribution in [2.75, 3.05) is 0 Å². The minimum absolute atomic E-state index is 0.0122.